The summed E-state index contributed by atoms with van der Waals surface area (Å²) in [5, 5.41) is 18.6. The molecule has 1 amide bonds. The molecule has 2 atom stereocenters. The Morgan fingerprint density at radius 1 is 1.29 bits per heavy atom. The van der Waals surface area contributed by atoms with Crippen LogP contribution in [0.3, 0.4) is 0 Å². The third-order valence-electron chi connectivity index (χ3n) is 5.69. The minimum atomic E-state index is -0.279. The normalized spacial score (nSPS) is 19.9. The van der Waals surface area contributed by atoms with E-state index in [0.29, 0.717) is 12.2 Å². The van der Waals surface area contributed by atoms with Crippen LogP contribution in [0.5, 0.6) is 5.75 Å². The molecule has 2 aromatic heterocycles. The number of carbonyl (C=O) groups excluding carboxylic acids is 1. The van der Waals surface area contributed by atoms with Gasteiger partial charge < -0.3 is 19.2 Å². The second kappa shape index (κ2) is 10.6. The monoisotopic (exact) mass is 499 g/mol. The molecular weight excluding hydrogens is 474 g/mol. The summed E-state index contributed by atoms with van der Waals surface area (Å²) in [6.45, 7) is 1.55. The van der Waals surface area contributed by atoms with E-state index in [9.17, 15) is 4.79 Å². The molecular formula is C23H25N5O4S2. The lowest BCUT2D eigenvalue weighted by atomic mass is 10.0. The van der Waals surface area contributed by atoms with Gasteiger partial charge in [0.1, 0.15) is 17.6 Å². The lowest BCUT2D eigenvalue weighted by Gasteiger charge is -2.19. The average Bonchev–Trinajstić information content (AvgIpc) is 3.68. The molecule has 178 valence electrons. The molecule has 2 aliphatic heterocycles. The summed E-state index contributed by atoms with van der Waals surface area (Å²) < 4.78 is 17.2. The maximum absolute atomic E-state index is 13.2. The van der Waals surface area contributed by atoms with E-state index in [-0.39, 0.29) is 23.8 Å². The number of nitrogens with one attached hydrogen (secondary N) is 1. The number of thioether (sulfide) groups is 1. The van der Waals surface area contributed by atoms with Gasteiger partial charge in [0.2, 0.25) is 5.13 Å². The number of amides is 1. The number of benzene rings is 1. The number of carbonyl (C=O) groups is 1. The molecule has 11 heteroatoms. The number of rotatable bonds is 9. The Balaban J connectivity index is 1.23. The first-order valence-electron chi connectivity index (χ1n) is 11.1. The van der Waals surface area contributed by atoms with Crippen LogP contribution in [0.15, 0.2) is 56.5 Å². The first-order valence-corrected chi connectivity index (χ1v) is 12.9. The summed E-state index contributed by atoms with van der Waals surface area (Å²) in [4.78, 5) is 13.2. The number of furan rings is 1. The topological polar surface area (TPSA) is 102 Å². The second-order valence-electron chi connectivity index (χ2n) is 7.93. The van der Waals surface area contributed by atoms with Crippen molar-refractivity contribution in [1.82, 2.24) is 15.2 Å². The van der Waals surface area contributed by atoms with Crippen molar-refractivity contribution in [3.8, 4) is 5.75 Å². The number of hydrogen-bond acceptors (Lipinski definition) is 10. The fourth-order valence-corrected chi connectivity index (χ4v) is 5.55. The van der Waals surface area contributed by atoms with E-state index in [0.717, 1.165) is 52.5 Å². The van der Waals surface area contributed by atoms with Crippen LogP contribution in [-0.4, -0.2) is 58.9 Å². The Kier molecular flexibility index (Phi) is 7.12. The van der Waals surface area contributed by atoms with Crippen LogP contribution in [0.25, 0.3) is 0 Å². The lowest BCUT2D eigenvalue weighted by Crippen LogP contribution is -2.28. The molecule has 0 bridgehead atoms. The Morgan fingerprint density at radius 3 is 2.91 bits per heavy atom. The van der Waals surface area contributed by atoms with Gasteiger partial charge in [-0.15, -0.1) is 10.2 Å². The zero-order valence-corrected chi connectivity index (χ0v) is 20.3. The fraction of sp³-hybridized carbons (Fsp3) is 0.391. The van der Waals surface area contributed by atoms with Gasteiger partial charge in [0, 0.05) is 19.6 Å². The van der Waals surface area contributed by atoms with Gasteiger partial charge in [-0.2, -0.15) is 5.10 Å². The summed E-state index contributed by atoms with van der Waals surface area (Å²) in [6.07, 6.45) is 4.59. The van der Waals surface area contributed by atoms with E-state index >= 15 is 0 Å². The van der Waals surface area contributed by atoms with Gasteiger partial charge in [-0.05, 0) is 54.8 Å². The smallest absolute Gasteiger partial charge is 0.253 e. The van der Waals surface area contributed by atoms with Gasteiger partial charge in [-0.1, -0.05) is 23.1 Å². The molecule has 1 N–H and O–H groups in total. The van der Waals surface area contributed by atoms with Crippen LogP contribution in [0.4, 0.5) is 5.13 Å². The van der Waals surface area contributed by atoms with Crippen molar-refractivity contribution < 1.29 is 18.7 Å². The predicted octanol–water partition coefficient (Wildman–Crippen LogP) is 4.20. The standard InChI is InChI=1S/C23H25N5O4S2/c1-30-16-8-6-15(7-9-16)18-12-19(20-5-3-11-32-20)28(27-18)21(29)14-33-23-26-25-22(34-23)24-13-17-4-2-10-31-17/h3,5-9,11,17,19H,2,4,10,12-14H2,1H3,(H,24,25)/t17-,19+/m1/s1. The van der Waals surface area contributed by atoms with Crippen molar-refractivity contribution in [3.63, 3.8) is 0 Å². The summed E-state index contributed by atoms with van der Waals surface area (Å²) in [6, 6.07) is 11.1. The van der Waals surface area contributed by atoms with Crippen LogP contribution < -0.4 is 10.1 Å². The number of aromatic nitrogens is 2. The minimum absolute atomic E-state index is 0.112. The molecule has 0 aliphatic carbocycles. The zero-order valence-electron chi connectivity index (χ0n) is 18.7. The first-order chi connectivity index (χ1) is 16.7. The largest absolute Gasteiger partial charge is 0.497 e. The Morgan fingerprint density at radius 2 is 2.18 bits per heavy atom. The summed E-state index contributed by atoms with van der Waals surface area (Å²) in [7, 11) is 1.63. The molecule has 0 saturated carbocycles. The fourth-order valence-electron chi connectivity index (χ4n) is 3.94. The molecule has 1 saturated heterocycles. The van der Waals surface area contributed by atoms with Gasteiger partial charge in [-0.3, -0.25) is 4.79 Å². The van der Waals surface area contributed by atoms with Crippen LogP contribution >= 0.6 is 23.1 Å². The third-order valence-corrected chi connectivity index (χ3v) is 7.69. The molecule has 3 aromatic rings. The highest BCUT2D eigenvalue weighted by Gasteiger charge is 2.35. The van der Waals surface area contributed by atoms with Gasteiger partial charge in [0.15, 0.2) is 4.34 Å². The number of methoxy groups -OCH3 is 1. The number of nitrogens with zero attached hydrogens (tertiary/aromatic N) is 4. The molecule has 9 nitrogen and oxygen atoms in total. The molecule has 1 aromatic carbocycles. The second-order valence-corrected chi connectivity index (χ2v) is 10.1. The molecule has 4 heterocycles. The van der Waals surface area contributed by atoms with E-state index in [1.54, 1.807) is 13.4 Å². The molecule has 0 spiro atoms. The maximum atomic E-state index is 13.2. The zero-order chi connectivity index (χ0) is 23.3. The van der Waals surface area contributed by atoms with Crippen LogP contribution in [-0.2, 0) is 9.53 Å². The van der Waals surface area contributed by atoms with Crippen LogP contribution in [0.1, 0.15) is 36.6 Å². The predicted molar refractivity (Wildman–Crippen MR) is 131 cm³/mol. The SMILES string of the molecule is COc1ccc(C2=NN(C(=O)CSc3nnc(NC[C@H]4CCCO4)s3)[C@H](c3ccco3)C2)cc1. The number of ether oxygens (including phenoxy) is 2. The van der Waals surface area contributed by atoms with E-state index < -0.39 is 0 Å². The van der Waals surface area contributed by atoms with Crippen LogP contribution in [0.2, 0.25) is 0 Å². The number of hydrazone groups is 1. The molecule has 1 fully saturated rings. The van der Waals surface area contributed by atoms with Crippen molar-refractivity contribution in [1.29, 1.82) is 0 Å². The van der Waals surface area contributed by atoms with E-state index in [1.807, 2.05) is 36.4 Å². The quantitative estimate of drug-likeness (QED) is 0.437. The Labute approximate surface area is 205 Å². The summed E-state index contributed by atoms with van der Waals surface area (Å²) >= 11 is 2.80. The van der Waals surface area contributed by atoms with E-state index in [4.69, 9.17) is 13.9 Å². The average molecular weight is 500 g/mol. The highest BCUT2D eigenvalue weighted by molar-refractivity contribution is 8.01. The molecule has 5 rings (SSSR count). The van der Waals surface area contributed by atoms with Crippen molar-refractivity contribution in [2.75, 3.05) is 31.3 Å². The van der Waals surface area contributed by atoms with Gasteiger partial charge in [0.25, 0.3) is 5.91 Å². The highest BCUT2D eigenvalue weighted by atomic mass is 32.2. The molecule has 0 unspecified atom stereocenters. The van der Waals surface area contributed by atoms with Crippen molar-refractivity contribution in [2.24, 2.45) is 5.10 Å². The van der Waals surface area contributed by atoms with Crippen LogP contribution in [0, 0.1) is 0 Å². The summed E-state index contributed by atoms with van der Waals surface area (Å²) in [5.41, 5.74) is 1.78. The van der Waals surface area contributed by atoms with E-state index in [2.05, 4.69) is 20.6 Å². The highest BCUT2D eigenvalue weighted by Crippen LogP contribution is 2.35. The van der Waals surface area contributed by atoms with Crippen molar-refractivity contribution in [3.05, 3.63) is 54.0 Å². The van der Waals surface area contributed by atoms with Gasteiger partial charge >= 0.3 is 0 Å². The van der Waals surface area contributed by atoms with Crippen molar-refractivity contribution in [2.45, 2.75) is 35.7 Å². The van der Waals surface area contributed by atoms with Gasteiger partial charge in [-0.25, -0.2) is 5.01 Å². The third kappa shape index (κ3) is 5.26. The molecule has 2 aliphatic rings. The Hall–Kier alpha value is -2.89. The van der Waals surface area contributed by atoms with E-state index in [1.165, 1.54) is 28.1 Å². The minimum Gasteiger partial charge on any atom is -0.497 e. The first kappa shape index (κ1) is 22.9. The maximum Gasteiger partial charge on any atom is 0.253 e. The molecule has 34 heavy (non-hydrogen) atoms. The Bertz CT molecular complexity index is 1130. The van der Waals surface area contributed by atoms with Gasteiger partial charge in [0.05, 0.1) is 30.9 Å². The number of anilines is 1. The molecule has 0 radical (unpaired) electrons. The summed E-state index contributed by atoms with van der Waals surface area (Å²) in [5.74, 6) is 1.58. The van der Waals surface area contributed by atoms with Crippen molar-refractivity contribution >= 4 is 39.8 Å². The number of hydrogen-bond donors (Lipinski definition) is 1. The lowest BCUT2D eigenvalue weighted by molar-refractivity contribution is -0.130.